The molecule has 1 aromatic heterocycles. The smallest absolute Gasteiger partial charge is 0.244 e. The van der Waals surface area contributed by atoms with Crippen molar-refractivity contribution >= 4 is 17.9 Å². The minimum atomic E-state index is -0.277. The summed E-state index contributed by atoms with van der Waals surface area (Å²) in [7, 11) is 0. The van der Waals surface area contributed by atoms with E-state index in [1.165, 1.54) is 11.6 Å². The number of piperidine rings is 1. The maximum atomic E-state index is 12.3. The normalized spacial score (nSPS) is 15.2. The molecule has 1 N–H and O–H groups in total. The molecule has 0 spiro atoms. The second kappa shape index (κ2) is 8.94. The first-order valence-corrected chi connectivity index (χ1v) is 8.91. The van der Waals surface area contributed by atoms with Gasteiger partial charge < -0.3 is 10.2 Å². The summed E-state index contributed by atoms with van der Waals surface area (Å²) >= 11 is 0. The molecule has 2 aromatic rings. The lowest BCUT2D eigenvalue weighted by molar-refractivity contribution is -0.133. The Hall–Kier alpha value is -2.95. The van der Waals surface area contributed by atoms with Crippen LogP contribution in [0.15, 0.2) is 60.9 Å². The maximum absolute atomic E-state index is 12.3. The molecule has 3 rings (SSSR count). The monoisotopic (exact) mass is 349 g/mol. The van der Waals surface area contributed by atoms with Crippen LogP contribution in [-0.4, -0.2) is 41.3 Å². The van der Waals surface area contributed by atoms with Gasteiger partial charge in [-0.1, -0.05) is 36.4 Å². The summed E-state index contributed by atoms with van der Waals surface area (Å²) in [4.78, 5) is 30.0. The van der Waals surface area contributed by atoms with Gasteiger partial charge in [-0.15, -0.1) is 0 Å². The topological polar surface area (TPSA) is 62.3 Å². The van der Waals surface area contributed by atoms with Crippen LogP contribution >= 0.6 is 0 Å². The molecule has 1 aliphatic heterocycles. The van der Waals surface area contributed by atoms with E-state index in [0.717, 1.165) is 31.5 Å². The minimum absolute atomic E-state index is 0.0281. The molecule has 1 aromatic carbocycles. The van der Waals surface area contributed by atoms with Gasteiger partial charge in [0.2, 0.25) is 11.8 Å². The molecule has 0 atom stereocenters. The number of pyridine rings is 1. The molecule has 2 amide bonds. The number of nitrogens with zero attached hydrogens (tertiary/aromatic N) is 2. The van der Waals surface area contributed by atoms with Crippen LogP contribution in [0.2, 0.25) is 0 Å². The van der Waals surface area contributed by atoms with Crippen molar-refractivity contribution in [2.75, 3.05) is 19.6 Å². The molecule has 1 saturated heterocycles. The highest BCUT2D eigenvalue weighted by atomic mass is 16.2. The van der Waals surface area contributed by atoms with E-state index in [4.69, 9.17) is 0 Å². The first kappa shape index (κ1) is 17.9. The maximum Gasteiger partial charge on any atom is 0.244 e. The number of carbonyl (C=O) groups is 2. The fraction of sp³-hybridized carbons (Fsp3) is 0.286. The number of nitrogens with one attached hydrogen (secondary N) is 1. The molecule has 26 heavy (non-hydrogen) atoms. The lowest BCUT2D eigenvalue weighted by atomic mass is 9.89. The molecule has 0 bridgehead atoms. The van der Waals surface area contributed by atoms with Crippen molar-refractivity contribution in [2.45, 2.75) is 18.8 Å². The van der Waals surface area contributed by atoms with Crippen molar-refractivity contribution in [3.63, 3.8) is 0 Å². The highest BCUT2D eigenvalue weighted by molar-refractivity contribution is 5.94. The highest BCUT2D eigenvalue weighted by Crippen LogP contribution is 2.27. The van der Waals surface area contributed by atoms with Crippen LogP contribution in [0.3, 0.4) is 0 Å². The van der Waals surface area contributed by atoms with Crippen LogP contribution in [0.5, 0.6) is 0 Å². The van der Waals surface area contributed by atoms with E-state index >= 15 is 0 Å². The van der Waals surface area contributed by atoms with Crippen LogP contribution < -0.4 is 5.32 Å². The van der Waals surface area contributed by atoms with Crippen LogP contribution in [-0.2, 0) is 9.59 Å². The van der Waals surface area contributed by atoms with Gasteiger partial charge in [0, 0.05) is 31.6 Å². The fourth-order valence-electron chi connectivity index (χ4n) is 3.17. The van der Waals surface area contributed by atoms with E-state index in [9.17, 15) is 9.59 Å². The van der Waals surface area contributed by atoms with Gasteiger partial charge in [0.05, 0.1) is 6.54 Å². The Morgan fingerprint density at radius 2 is 1.88 bits per heavy atom. The number of aromatic nitrogens is 1. The second-order valence-electron chi connectivity index (χ2n) is 6.40. The molecular weight excluding hydrogens is 326 g/mol. The standard InChI is InChI=1S/C21H23N3O2/c25-20(9-8-17-5-4-12-22-15-17)23-16-21(26)24-13-10-19(11-14-24)18-6-2-1-3-7-18/h1-9,12,15,19H,10-11,13-14,16H2,(H,23,25). The Kier molecular flexibility index (Phi) is 6.14. The Bertz CT molecular complexity index is 751. The van der Waals surface area contributed by atoms with Crippen LogP contribution in [0, 0.1) is 0 Å². The van der Waals surface area contributed by atoms with Gasteiger partial charge in [-0.3, -0.25) is 14.6 Å². The number of rotatable bonds is 5. The SMILES string of the molecule is O=C(C=Cc1cccnc1)NCC(=O)N1CCC(c2ccccc2)CC1. The van der Waals surface area contributed by atoms with Gasteiger partial charge >= 0.3 is 0 Å². The van der Waals surface area contributed by atoms with E-state index in [-0.39, 0.29) is 18.4 Å². The lowest BCUT2D eigenvalue weighted by Crippen LogP contribution is -2.43. The molecule has 5 nitrogen and oxygen atoms in total. The van der Waals surface area contributed by atoms with Gasteiger partial charge in [-0.2, -0.15) is 0 Å². The third-order valence-electron chi connectivity index (χ3n) is 4.64. The van der Waals surface area contributed by atoms with Gasteiger partial charge in [-0.05, 0) is 42.0 Å². The number of hydrogen-bond acceptors (Lipinski definition) is 3. The number of hydrogen-bond donors (Lipinski definition) is 1. The van der Waals surface area contributed by atoms with Crippen molar-refractivity contribution < 1.29 is 9.59 Å². The van der Waals surface area contributed by atoms with Crippen molar-refractivity contribution in [3.8, 4) is 0 Å². The summed E-state index contributed by atoms with van der Waals surface area (Å²) < 4.78 is 0. The first-order chi connectivity index (χ1) is 12.7. The van der Waals surface area contributed by atoms with E-state index in [2.05, 4.69) is 34.6 Å². The third kappa shape index (κ3) is 5.02. The molecule has 134 valence electrons. The largest absolute Gasteiger partial charge is 0.343 e. The number of benzene rings is 1. The van der Waals surface area contributed by atoms with Crippen LogP contribution in [0.4, 0.5) is 0 Å². The zero-order valence-electron chi connectivity index (χ0n) is 14.7. The summed E-state index contributed by atoms with van der Waals surface area (Å²) in [6.07, 6.45) is 8.38. The van der Waals surface area contributed by atoms with Gasteiger partial charge in [0.1, 0.15) is 0 Å². The Morgan fingerprint density at radius 1 is 1.12 bits per heavy atom. The summed E-state index contributed by atoms with van der Waals surface area (Å²) in [6, 6.07) is 14.1. The Balaban J connectivity index is 1.42. The molecule has 1 aliphatic rings. The Labute approximate surface area is 153 Å². The van der Waals surface area contributed by atoms with Crippen molar-refractivity contribution in [1.82, 2.24) is 15.2 Å². The molecule has 5 heteroatoms. The molecular formula is C21H23N3O2. The number of likely N-dealkylation sites (tertiary alicyclic amines) is 1. The minimum Gasteiger partial charge on any atom is -0.343 e. The molecule has 0 saturated carbocycles. The average molecular weight is 349 g/mol. The van der Waals surface area contributed by atoms with Crippen LogP contribution in [0.25, 0.3) is 6.08 Å². The van der Waals surface area contributed by atoms with E-state index < -0.39 is 0 Å². The van der Waals surface area contributed by atoms with Crippen LogP contribution in [0.1, 0.15) is 29.9 Å². The zero-order valence-corrected chi connectivity index (χ0v) is 14.7. The molecule has 0 radical (unpaired) electrons. The van der Waals surface area contributed by atoms with E-state index in [0.29, 0.717) is 5.92 Å². The quantitative estimate of drug-likeness (QED) is 0.844. The predicted molar refractivity (Wildman–Crippen MR) is 101 cm³/mol. The van der Waals surface area contributed by atoms with Crippen molar-refractivity contribution in [2.24, 2.45) is 0 Å². The summed E-state index contributed by atoms with van der Waals surface area (Å²) in [5.41, 5.74) is 2.19. The zero-order chi connectivity index (χ0) is 18.2. The fourth-order valence-corrected chi connectivity index (χ4v) is 3.17. The predicted octanol–water partition coefficient (Wildman–Crippen LogP) is 2.62. The molecule has 1 fully saturated rings. The van der Waals surface area contributed by atoms with Crippen molar-refractivity contribution in [1.29, 1.82) is 0 Å². The molecule has 2 heterocycles. The summed E-state index contributed by atoms with van der Waals surface area (Å²) in [5.74, 6) is 0.207. The summed E-state index contributed by atoms with van der Waals surface area (Å²) in [5, 5.41) is 2.66. The Morgan fingerprint density at radius 3 is 2.58 bits per heavy atom. The van der Waals surface area contributed by atoms with Gasteiger partial charge in [0.25, 0.3) is 0 Å². The molecule has 0 aliphatic carbocycles. The van der Waals surface area contributed by atoms with E-state index in [1.54, 1.807) is 24.5 Å². The van der Waals surface area contributed by atoms with Gasteiger partial charge in [-0.25, -0.2) is 0 Å². The van der Waals surface area contributed by atoms with Gasteiger partial charge in [0.15, 0.2) is 0 Å². The number of carbonyl (C=O) groups excluding carboxylic acids is 2. The lowest BCUT2D eigenvalue weighted by Gasteiger charge is -2.32. The second-order valence-corrected chi connectivity index (χ2v) is 6.40. The third-order valence-corrected chi connectivity index (χ3v) is 4.64. The average Bonchev–Trinajstić information content (AvgIpc) is 2.72. The van der Waals surface area contributed by atoms with Crippen molar-refractivity contribution in [3.05, 3.63) is 72.1 Å². The highest BCUT2D eigenvalue weighted by Gasteiger charge is 2.23. The van der Waals surface area contributed by atoms with E-state index in [1.807, 2.05) is 17.0 Å². The number of amides is 2. The summed E-state index contributed by atoms with van der Waals surface area (Å²) in [6.45, 7) is 1.51. The molecule has 0 unspecified atom stereocenters. The first-order valence-electron chi connectivity index (χ1n) is 8.91.